The number of nitrogens with one attached hydrogen (secondary N) is 1. The van der Waals surface area contributed by atoms with E-state index in [-0.39, 0.29) is 24.2 Å². The number of amides is 3. The minimum Gasteiger partial charge on any atom is -0.351 e. The molecule has 0 aliphatic carbocycles. The maximum atomic E-state index is 14.7. The van der Waals surface area contributed by atoms with Crippen LogP contribution >= 0.6 is 0 Å². The van der Waals surface area contributed by atoms with Gasteiger partial charge in [0.1, 0.15) is 17.1 Å². The van der Waals surface area contributed by atoms with Crippen LogP contribution in [-0.4, -0.2) is 44.8 Å². The first-order valence-corrected chi connectivity index (χ1v) is 8.51. The van der Waals surface area contributed by atoms with Crippen molar-refractivity contribution in [3.8, 4) is 0 Å². The number of carbonyl (C=O) groups is 2. The number of aromatic nitrogens is 3. The summed E-state index contributed by atoms with van der Waals surface area (Å²) in [4.78, 5) is 29.1. The molecular weight excluding hydrogens is 370 g/mol. The molecule has 2 aromatic heterocycles. The van der Waals surface area contributed by atoms with E-state index in [0.717, 1.165) is 0 Å². The zero-order chi connectivity index (χ0) is 20.6. The van der Waals surface area contributed by atoms with E-state index in [4.69, 9.17) is 5.73 Å². The lowest BCUT2D eigenvalue weighted by Gasteiger charge is -2.26. The van der Waals surface area contributed by atoms with Crippen LogP contribution in [0.1, 0.15) is 30.6 Å². The fourth-order valence-corrected chi connectivity index (χ4v) is 3.33. The average molecular weight is 390 g/mol. The summed E-state index contributed by atoms with van der Waals surface area (Å²) in [6.07, 6.45) is 4.20. The molecule has 0 radical (unpaired) electrons. The Kier molecular flexibility index (Phi) is 4.88. The Bertz CT molecular complexity index is 993. The topological polar surface area (TPSA) is 106 Å². The first-order valence-electron chi connectivity index (χ1n) is 8.51. The third-order valence-corrected chi connectivity index (χ3v) is 4.44. The van der Waals surface area contributed by atoms with Crippen molar-refractivity contribution in [3.63, 3.8) is 0 Å². The normalized spacial score (nSPS) is 22.5. The lowest BCUT2D eigenvalue weighted by Crippen LogP contribution is -2.35. The molecule has 10 heteroatoms. The molecule has 1 fully saturated rings. The number of rotatable bonds is 4. The molecule has 28 heavy (non-hydrogen) atoms. The van der Waals surface area contributed by atoms with Crippen LogP contribution in [0.5, 0.6) is 0 Å². The average Bonchev–Trinajstić information content (AvgIpc) is 3.13. The Morgan fingerprint density at radius 3 is 2.86 bits per heavy atom. The summed E-state index contributed by atoms with van der Waals surface area (Å²) in [6.45, 7) is 6.64. The summed E-state index contributed by atoms with van der Waals surface area (Å²) in [6, 6.07) is 0.114. The number of primary amides is 1. The molecule has 2 atom stereocenters. The van der Waals surface area contributed by atoms with E-state index < -0.39 is 29.5 Å². The Labute approximate surface area is 159 Å². The van der Waals surface area contributed by atoms with Crippen LogP contribution in [0.15, 0.2) is 42.5 Å². The van der Waals surface area contributed by atoms with Gasteiger partial charge in [-0.3, -0.25) is 10.1 Å². The van der Waals surface area contributed by atoms with Gasteiger partial charge in [0, 0.05) is 12.6 Å². The molecule has 0 spiro atoms. The van der Waals surface area contributed by atoms with Gasteiger partial charge in [0.05, 0.1) is 24.6 Å². The van der Waals surface area contributed by atoms with Crippen molar-refractivity contribution in [3.05, 3.63) is 48.1 Å². The number of hydrogen-bond acceptors (Lipinski definition) is 5. The van der Waals surface area contributed by atoms with Gasteiger partial charge in [-0.15, -0.1) is 0 Å². The fraction of sp³-hybridized carbons (Fsp3) is 0.333. The van der Waals surface area contributed by atoms with E-state index >= 15 is 0 Å². The van der Waals surface area contributed by atoms with Crippen LogP contribution in [0.4, 0.5) is 19.4 Å². The van der Waals surface area contributed by atoms with Gasteiger partial charge >= 0.3 is 6.03 Å². The number of imide groups is 1. The van der Waals surface area contributed by atoms with E-state index in [1.165, 1.54) is 30.6 Å². The van der Waals surface area contributed by atoms with Crippen LogP contribution in [0, 0.1) is 0 Å². The third kappa shape index (κ3) is 3.85. The number of allylic oxidation sites excluding steroid dienone is 1. The van der Waals surface area contributed by atoms with Crippen LogP contribution in [0.2, 0.25) is 0 Å². The maximum Gasteiger partial charge on any atom is 0.319 e. The highest BCUT2D eigenvalue weighted by Gasteiger charge is 2.42. The largest absolute Gasteiger partial charge is 0.351 e. The zero-order valence-corrected chi connectivity index (χ0v) is 15.4. The van der Waals surface area contributed by atoms with Crippen molar-refractivity contribution in [2.45, 2.75) is 32.0 Å². The summed E-state index contributed by atoms with van der Waals surface area (Å²) in [5.41, 5.74) is 4.09. The minimum atomic E-state index is -1.52. The van der Waals surface area contributed by atoms with Gasteiger partial charge in [0.15, 0.2) is 5.65 Å². The molecule has 1 aliphatic heterocycles. The molecule has 1 aliphatic rings. The van der Waals surface area contributed by atoms with E-state index in [0.29, 0.717) is 11.4 Å². The molecule has 3 heterocycles. The first kappa shape index (κ1) is 19.5. The van der Waals surface area contributed by atoms with Gasteiger partial charge in [-0.05, 0) is 31.6 Å². The predicted octanol–water partition coefficient (Wildman–Crippen LogP) is 2.27. The van der Waals surface area contributed by atoms with Crippen molar-refractivity contribution < 1.29 is 18.4 Å². The van der Waals surface area contributed by atoms with Gasteiger partial charge in [-0.1, -0.05) is 6.58 Å². The Hall–Kier alpha value is -3.30. The van der Waals surface area contributed by atoms with Crippen molar-refractivity contribution in [2.24, 2.45) is 5.73 Å². The summed E-state index contributed by atoms with van der Waals surface area (Å²) in [5.74, 6) is -0.804. The minimum absolute atomic E-state index is 0.0238. The van der Waals surface area contributed by atoms with E-state index in [9.17, 15) is 18.4 Å². The Balaban J connectivity index is 2.01. The molecule has 0 bridgehead atoms. The highest BCUT2D eigenvalue weighted by atomic mass is 19.1. The summed E-state index contributed by atoms with van der Waals surface area (Å²) >= 11 is 0. The summed E-state index contributed by atoms with van der Waals surface area (Å²) < 4.78 is 29.4. The Morgan fingerprint density at radius 2 is 2.21 bits per heavy atom. The van der Waals surface area contributed by atoms with Gasteiger partial charge < -0.3 is 10.6 Å². The van der Waals surface area contributed by atoms with Crippen LogP contribution in [0.3, 0.4) is 0 Å². The second kappa shape index (κ2) is 7.02. The maximum absolute atomic E-state index is 14.7. The SMILES string of the molecule is C=C(C=C(C)F)C1CC(C)(F)CN1c1ccn2ncc(C(=O)NC(N)=O)c2n1. The molecule has 2 aromatic rings. The van der Waals surface area contributed by atoms with Gasteiger partial charge in [0.25, 0.3) is 5.91 Å². The Morgan fingerprint density at radius 1 is 1.50 bits per heavy atom. The molecule has 1 saturated heterocycles. The standard InChI is InChI=1S/C18H20F2N6O2/c1-10(6-11(2)19)13-7-18(3,20)9-25(13)14-4-5-26-15(23-14)12(8-22-26)16(27)24-17(21)28/h4-6,8,13H,1,7,9H2,2-3H3,(H3,21,24,27,28). The van der Waals surface area contributed by atoms with Crippen molar-refractivity contribution in [2.75, 3.05) is 11.4 Å². The van der Waals surface area contributed by atoms with E-state index in [2.05, 4.69) is 16.7 Å². The molecule has 0 saturated carbocycles. The second-order valence-corrected chi connectivity index (χ2v) is 7.00. The molecule has 3 N–H and O–H groups in total. The third-order valence-electron chi connectivity index (χ3n) is 4.44. The zero-order valence-electron chi connectivity index (χ0n) is 15.4. The second-order valence-electron chi connectivity index (χ2n) is 7.00. The van der Waals surface area contributed by atoms with Crippen molar-refractivity contribution >= 4 is 23.4 Å². The number of anilines is 1. The molecule has 148 valence electrons. The lowest BCUT2D eigenvalue weighted by molar-refractivity contribution is 0.0967. The number of fused-ring (bicyclic) bond motifs is 1. The van der Waals surface area contributed by atoms with Crippen molar-refractivity contribution in [1.82, 2.24) is 19.9 Å². The van der Waals surface area contributed by atoms with Crippen LogP contribution < -0.4 is 16.0 Å². The van der Waals surface area contributed by atoms with E-state index in [1.54, 1.807) is 17.2 Å². The van der Waals surface area contributed by atoms with Gasteiger partial charge in [0.2, 0.25) is 0 Å². The monoisotopic (exact) mass is 390 g/mol. The highest BCUT2D eigenvalue weighted by molar-refractivity contribution is 6.07. The number of nitrogens with zero attached hydrogens (tertiary/aromatic N) is 4. The smallest absolute Gasteiger partial charge is 0.319 e. The number of nitrogens with two attached hydrogens (primary N) is 1. The molecule has 8 nitrogen and oxygen atoms in total. The summed E-state index contributed by atoms with van der Waals surface area (Å²) in [5, 5.41) is 5.97. The predicted molar refractivity (Wildman–Crippen MR) is 99.3 cm³/mol. The quantitative estimate of drug-likeness (QED) is 0.779. The number of alkyl halides is 1. The van der Waals surface area contributed by atoms with Gasteiger partial charge in [-0.25, -0.2) is 23.1 Å². The number of urea groups is 1. The molecular formula is C18H20F2N6O2. The summed E-state index contributed by atoms with van der Waals surface area (Å²) in [7, 11) is 0. The van der Waals surface area contributed by atoms with Gasteiger partial charge in [-0.2, -0.15) is 5.10 Å². The molecule has 0 aromatic carbocycles. The highest BCUT2D eigenvalue weighted by Crippen LogP contribution is 2.37. The van der Waals surface area contributed by atoms with Crippen LogP contribution in [-0.2, 0) is 0 Å². The number of carbonyl (C=O) groups excluding carboxylic acids is 2. The first-order chi connectivity index (χ1) is 13.1. The molecule has 3 amide bonds. The lowest BCUT2D eigenvalue weighted by atomic mass is 10.00. The fourth-order valence-electron chi connectivity index (χ4n) is 3.33. The number of hydrogen-bond donors (Lipinski definition) is 2. The molecule has 3 rings (SSSR count). The van der Waals surface area contributed by atoms with E-state index in [1.807, 2.05) is 5.32 Å². The molecule has 2 unspecified atom stereocenters. The van der Waals surface area contributed by atoms with Crippen molar-refractivity contribution in [1.29, 1.82) is 0 Å². The van der Waals surface area contributed by atoms with Crippen LogP contribution in [0.25, 0.3) is 5.65 Å². The number of halogens is 2.